The topological polar surface area (TPSA) is 38.3 Å². The van der Waals surface area contributed by atoms with Crippen LogP contribution in [-0.4, -0.2) is 17.6 Å². The summed E-state index contributed by atoms with van der Waals surface area (Å²) in [6, 6.07) is 18.1. The Kier molecular flexibility index (Phi) is 5.01. The van der Waals surface area contributed by atoms with Crippen LogP contribution >= 0.6 is 11.8 Å². The van der Waals surface area contributed by atoms with Gasteiger partial charge < -0.3 is 10.1 Å². The quantitative estimate of drug-likeness (QED) is 0.932. The highest BCUT2D eigenvalue weighted by Crippen LogP contribution is 2.30. The maximum Gasteiger partial charge on any atom is 0.408 e. The Morgan fingerprint density at radius 2 is 1.91 bits per heavy atom. The summed E-state index contributed by atoms with van der Waals surface area (Å²) in [6.07, 6.45) is 0.511. The lowest BCUT2D eigenvalue weighted by Crippen LogP contribution is -2.26. The highest BCUT2D eigenvalue weighted by atomic mass is 32.2. The van der Waals surface area contributed by atoms with Crippen LogP contribution in [0.15, 0.2) is 54.6 Å². The van der Waals surface area contributed by atoms with Crippen molar-refractivity contribution in [2.75, 3.05) is 11.5 Å². The number of fused-ring (bicyclic) bond motifs is 1. The summed E-state index contributed by atoms with van der Waals surface area (Å²) >= 11 is 1.83. The number of ether oxygens (including phenoxy) is 1. The predicted molar refractivity (Wildman–Crippen MR) is 90.0 cm³/mol. The molecule has 2 aromatic rings. The fraction of sp³-hybridized carbons (Fsp3) is 0.278. The van der Waals surface area contributed by atoms with Gasteiger partial charge in [-0.15, -0.1) is 0 Å². The highest BCUT2D eigenvalue weighted by Gasteiger charge is 2.22. The molecular weight excluding hydrogens is 294 g/mol. The maximum atomic E-state index is 12.1. The van der Waals surface area contributed by atoms with Gasteiger partial charge in [0.25, 0.3) is 0 Å². The fourth-order valence-electron chi connectivity index (χ4n) is 2.58. The number of aryl methyl sites for hydroxylation is 1. The Morgan fingerprint density at radius 3 is 2.77 bits per heavy atom. The summed E-state index contributed by atoms with van der Waals surface area (Å²) < 4.78 is 5.65. The Bertz CT molecular complexity index is 630. The molecule has 0 aliphatic carbocycles. The van der Waals surface area contributed by atoms with E-state index < -0.39 is 0 Å². The second kappa shape index (κ2) is 7.36. The second-order valence-corrected chi connectivity index (χ2v) is 6.41. The molecule has 1 N–H and O–H groups in total. The lowest BCUT2D eigenvalue weighted by Gasteiger charge is -2.18. The molecule has 1 atom stereocenters. The van der Waals surface area contributed by atoms with Crippen LogP contribution in [0.1, 0.15) is 22.8 Å². The molecule has 1 aliphatic rings. The SMILES string of the molecule is O=C(NCc1ccccc1)OC1CSCCc2ccccc21. The van der Waals surface area contributed by atoms with Crippen molar-refractivity contribution in [3.8, 4) is 0 Å². The molecule has 0 radical (unpaired) electrons. The number of benzene rings is 2. The molecule has 1 amide bonds. The molecule has 3 nitrogen and oxygen atoms in total. The lowest BCUT2D eigenvalue weighted by atomic mass is 10.0. The van der Waals surface area contributed by atoms with Crippen molar-refractivity contribution in [1.29, 1.82) is 0 Å². The number of hydrogen-bond acceptors (Lipinski definition) is 3. The minimum atomic E-state index is -0.355. The number of hydrogen-bond donors (Lipinski definition) is 1. The van der Waals surface area contributed by atoms with Gasteiger partial charge in [-0.05, 0) is 28.9 Å². The summed E-state index contributed by atoms with van der Waals surface area (Å²) in [5, 5.41) is 2.83. The first-order valence-electron chi connectivity index (χ1n) is 7.47. The molecular formula is C18H19NO2S. The molecule has 1 aliphatic heterocycles. The van der Waals surface area contributed by atoms with Gasteiger partial charge in [-0.2, -0.15) is 11.8 Å². The summed E-state index contributed by atoms with van der Waals surface area (Å²) in [6.45, 7) is 0.487. The molecule has 1 heterocycles. The van der Waals surface area contributed by atoms with Crippen LogP contribution in [0.25, 0.3) is 0 Å². The van der Waals surface area contributed by atoms with Crippen LogP contribution in [0.5, 0.6) is 0 Å². The van der Waals surface area contributed by atoms with Crippen LogP contribution in [0.4, 0.5) is 4.79 Å². The van der Waals surface area contributed by atoms with E-state index in [0.29, 0.717) is 6.54 Å². The van der Waals surface area contributed by atoms with Gasteiger partial charge in [-0.3, -0.25) is 0 Å². The van der Waals surface area contributed by atoms with E-state index in [0.717, 1.165) is 29.1 Å². The second-order valence-electron chi connectivity index (χ2n) is 5.26. The van der Waals surface area contributed by atoms with Crippen molar-refractivity contribution in [3.05, 3.63) is 71.3 Å². The number of nitrogens with one attached hydrogen (secondary N) is 1. The maximum absolute atomic E-state index is 12.1. The number of carbonyl (C=O) groups excluding carboxylic acids is 1. The standard InChI is InChI=1S/C18H19NO2S/c20-18(19-12-14-6-2-1-3-7-14)21-17-13-22-11-10-15-8-4-5-9-16(15)17/h1-9,17H,10-13H2,(H,19,20). The van der Waals surface area contributed by atoms with Crippen LogP contribution in [0.2, 0.25) is 0 Å². The molecule has 0 spiro atoms. The summed E-state index contributed by atoms with van der Waals surface area (Å²) in [5.74, 6) is 1.89. The molecule has 3 rings (SSSR count). The molecule has 2 aromatic carbocycles. The Balaban J connectivity index is 1.61. The average Bonchev–Trinajstić information content (AvgIpc) is 2.77. The van der Waals surface area contributed by atoms with E-state index in [1.165, 1.54) is 5.56 Å². The molecule has 0 fully saturated rings. The van der Waals surface area contributed by atoms with E-state index in [1.54, 1.807) is 0 Å². The normalized spacial score (nSPS) is 17.2. The Hall–Kier alpha value is -1.94. The van der Waals surface area contributed by atoms with Crippen molar-refractivity contribution in [3.63, 3.8) is 0 Å². The fourth-order valence-corrected chi connectivity index (χ4v) is 3.57. The van der Waals surface area contributed by atoms with E-state index in [1.807, 2.05) is 54.2 Å². The zero-order chi connectivity index (χ0) is 15.2. The summed E-state index contributed by atoms with van der Waals surface area (Å²) in [5.41, 5.74) is 3.49. The molecule has 0 saturated carbocycles. The van der Waals surface area contributed by atoms with Crippen LogP contribution in [-0.2, 0) is 17.7 Å². The average molecular weight is 313 g/mol. The van der Waals surface area contributed by atoms with Gasteiger partial charge in [0.05, 0.1) is 0 Å². The highest BCUT2D eigenvalue weighted by molar-refractivity contribution is 7.99. The van der Waals surface area contributed by atoms with E-state index >= 15 is 0 Å². The lowest BCUT2D eigenvalue weighted by molar-refractivity contribution is 0.109. The van der Waals surface area contributed by atoms with Crippen molar-refractivity contribution in [2.24, 2.45) is 0 Å². The Labute approximate surface area is 135 Å². The number of rotatable bonds is 3. The van der Waals surface area contributed by atoms with Crippen molar-refractivity contribution in [2.45, 2.75) is 19.1 Å². The molecule has 1 unspecified atom stereocenters. The Morgan fingerprint density at radius 1 is 1.14 bits per heavy atom. The van der Waals surface area contributed by atoms with E-state index in [-0.39, 0.29) is 12.2 Å². The van der Waals surface area contributed by atoms with Crippen molar-refractivity contribution >= 4 is 17.9 Å². The first kappa shape index (κ1) is 15.0. The minimum absolute atomic E-state index is 0.167. The third-order valence-electron chi connectivity index (χ3n) is 3.72. The van der Waals surface area contributed by atoms with Gasteiger partial charge in [-0.25, -0.2) is 4.79 Å². The largest absolute Gasteiger partial charge is 0.440 e. The zero-order valence-electron chi connectivity index (χ0n) is 12.3. The van der Waals surface area contributed by atoms with Gasteiger partial charge >= 0.3 is 6.09 Å². The molecule has 22 heavy (non-hydrogen) atoms. The third kappa shape index (κ3) is 3.83. The van der Waals surface area contributed by atoms with Crippen molar-refractivity contribution < 1.29 is 9.53 Å². The molecule has 0 bridgehead atoms. The van der Waals surface area contributed by atoms with Gasteiger partial charge in [0, 0.05) is 12.3 Å². The molecule has 114 valence electrons. The summed E-state index contributed by atoms with van der Waals surface area (Å²) in [7, 11) is 0. The van der Waals surface area contributed by atoms with Gasteiger partial charge in [0.2, 0.25) is 0 Å². The van der Waals surface area contributed by atoms with Crippen molar-refractivity contribution in [1.82, 2.24) is 5.32 Å². The monoisotopic (exact) mass is 313 g/mol. The van der Waals surface area contributed by atoms with Crippen LogP contribution in [0.3, 0.4) is 0 Å². The number of amides is 1. The number of carbonyl (C=O) groups is 1. The third-order valence-corrected chi connectivity index (χ3v) is 4.75. The zero-order valence-corrected chi connectivity index (χ0v) is 13.1. The summed E-state index contributed by atoms with van der Waals surface area (Å²) in [4.78, 5) is 12.1. The van der Waals surface area contributed by atoms with Gasteiger partial charge in [0.1, 0.15) is 6.10 Å². The number of thioether (sulfide) groups is 1. The van der Waals surface area contributed by atoms with Gasteiger partial charge in [0.15, 0.2) is 0 Å². The number of alkyl carbamates (subject to hydrolysis) is 1. The molecule has 0 saturated heterocycles. The van der Waals surface area contributed by atoms with E-state index in [2.05, 4.69) is 17.4 Å². The molecule has 4 heteroatoms. The van der Waals surface area contributed by atoms with E-state index in [4.69, 9.17) is 4.74 Å². The van der Waals surface area contributed by atoms with Crippen LogP contribution in [0, 0.1) is 0 Å². The predicted octanol–water partition coefficient (Wildman–Crippen LogP) is 3.94. The minimum Gasteiger partial charge on any atom is -0.440 e. The van der Waals surface area contributed by atoms with Crippen LogP contribution < -0.4 is 5.32 Å². The first-order chi connectivity index (χ1) is 10.8. The smallest absolute Gasteiger partial charge is 0.408 e. The van der Waals surface area contributed by atoms with E-state index in [9.17, 15) is 4.79 Å². The molecule has 0 aromatic heterocycles. The van der Waals surface area contributed by atoms with Gasteiger partial charge in [-0.1, -0.05) is 54.6 Å². The first-order valence-corrected chi connectivity index (χ1v) is 8.62.